The van der Waals surface area contributed by atoms with Crippen molar-refractivity contribution in [1.82, 2.24) is 9.80 Å². The Morgan fingerprint density at radius 2 is 1.72 bits per heavy atom. The van der Waals surface area contributed by atoms with E-state index in [0.29, 0.717) is 42.8 Å². The van der Waals surface area contributed by atoms with Crippen molar-refractivity contribution < 1.29 is 23.7 Å². The zero-order valence-corrected chi connectivity index (χ0v) is 24.5. The van der Waals surface area contributed by atoms with E-state index in [9.17, 15) is 4.79 Å². The number of nitriles is 1. The molecule has 0 spiro atoms. The molecule has 3 aromatic carbocycles. The topological polar surface area (TPSA) is 84.3 Å². The summed E-state index contributed by atoms with van der Waals surface area (Å²) < 4.78 is 23.4. The van der Waals surface area contributed by atoms with Crippen LogP contribution < -0.4 is 14.2 Å². The van der Waals surface area contributed by atoms with Crippen molar-refractivity contribution in [2.45, 2.75) is 50.9 Å². The fourth-order valence-corrected chi connectivity index (χ4v) is 6.24. The Labute approximate surface area is 253 Å². The van der Waals surface area contributed by atoms with Gasteiger partial charge in [-0.1, -0.05) is 42.5 Å². The van der Waals surface area contributed by atoms with E-state index in [4.69, 9.17) is 24.2 Å². The van der Waals surface area contributed by atoms with Gasteiger partial charge in [0.1, 0.15) is 31.7 Å². The van der Waals surface area contributed by atoms with Gasteiger partial charge in [0.2, 0.25) is 0 Å². The maximum Gasteiger partial charge on any atom is 0.410 e. The van der Waals surface area contributed by atoms with Gasteiger partial charge in [-0.3, -0.25) is 4.90 Å². The molecule has 8 nitrogen and oxygen atoms in total. The number of carbonyl (C=O) groups is 1. The first-order valence-corrected chi connectivity index (χ1v) is 15.4. The highest BCUT2D eigenvalue weighted by Gasteiger charge is 2.33. The molecule has 6 rings (SSSR count). The van der Waals surface area contributed by atoms with Crippen LogP contribution in [-0.4, -0.2) is 67.4 Å². The second-order valence-corrected chi connectivity index (χ2v) is 11.8. The van der Waals surface area contributed by atoms with E-state index in [1.165, 1.54) is 5.56 Å². The molecule has 0 N–H and O–H groups in total. The summed E-state index contributed by atoms with van der Waals surface area (Å²) in [7, 11) is 0. The molecule has 3 aromatic rings. The largest absolute Gasteiger partial charge is 0.489 e. The van der Waals surface area contributed by atoms with Crippen LogP contribution in [0.1, 0.15) is 42.4 Å². The van der Waals surface area contributed by atoms with Gasteiger partial charge in [0.25, 0.3) is 0 Å². The number of amides is 1. The molecular weight excluding hydrogens is 542 g/mol. The fourth-order valence-electron chi connectivity index (χ4n) is 6.24. The second-order valence-electron chi connectivity index (χ2n) is 11.8. The fraction of sp³-hybridized carbons (Fsp3) is 0.429. The Kier molecular flexibility index (Phi) is 9.29. The number of benzene rings is 3. The SMILES string of the molecule is N#Cc1ccc2c(c1)O[C@@H](CN1CCC(CCCN3C(=O)OC[C@@H]3Cc3ccc(OCc4ccccc4)cc3)CC1)CO2. The second kappa shape index (κ2) is 13.8. The standard InChI is InChI=1S/C35H39N3O5/c36-21-29-10-13-33-34(20-29)43-32(25-41-33)22-37-17-14-26(15-18-37)7-4-16-38-30(24-42-35(38)39)19-27-8-11-31(12-9-27)40-23-28-5-2-1-3-6-28/h1-3,5-6,8-13,20,26,30,32H,4,7,14-19,22-25H2/t30-,32-/m0/s1. The molecule has 224 valence electrons. The number of likely N-dealkylation sites (tertiary alicyclic amines) is 1. The van der Waals surface area contributed by atoms with E-state index in [2.05, 4.69) is 35.2 Å². The minimum Gasteiger partial charge on any atom is -0.489 e. The van der Waals surface area contributed by atoms with Crippen molar-refractivity contribution in [3.05, 3.63) is 89.5 Å². The average molecular weight is 582 g/mol. The third-order valence-electron chi connectivity index (χ3n) is 8.69. The molecule has 43 heavy (non-hydrogen) atoms. The third kappa shape index (κ3) is 7.60. The van der Waals surface area contributed by atoms with Crippen LogP contribution >= 0.6 is 0 Å². The van der Waals surface area contributed by atoms with Crippen molar-refractivity contribution in [3.63, 3.8) is 0 Å². The molecule has 2 atom stereocenters. The lowest BCUT2D eigenvalue weighted by molar-refractivity contribution is 0.0469. The molecule has 2 fully saturated rings. The zero-order valence-electron chi connectivity index (χ0n) is 24.5. The predicted octanol–water partition coefficient (Wildman–Crippen LogP) is 5.83. The zero-order chi connectivity index (χ0) is 29.4. The quantitative estimate of drug-likeness (QED) is 0.282. The van der Waals surface area contributed by atoms with Crippen LogP contribution in [0.3, 0.4) is 0 Å². The van der Waals surface area contributed by atoms with E-state index in [1.807, 2.05) is 35.2 Å². The molecule has 0 bridgehead atoms. The van der Waals surface area contributed by atoms with Crippen molar-refractivity contribution in [2.24, 2.45) is 5.92 Å². The number of piperidine rings is 1. The van der Waals surface area contributed by atoms with E-state index in [-0.39, 0.29) is 18.2 Å². The average Bonchev–Trinajstić information content (AvgIpc) is 3.39. The molecule has 3 aliphatic rings. The van der Waals surface area contributed by atoms with Crippen molar-refractivity contribution in [2.75, 3.05) is 39.4 Å². The van der Waals surface area contributed by atoms with Crippen LogP contribution in [-0.2, 0) is 17.8 Å². The van der Waals surface area contributed by atoms with E-state index < -0.39 is 0 Å². The van der Waals surface area contributed by atoms with Crippen LogP contribution in [0, 0.1) is 17.2 Å². The third-order valence-corrected chi connectivity index (χ3v) is 8.69. The molecular formula is C35H39N3O5. The number of hydrogen-bond acceptors (Lipinski definition) is 7. The van der Waals surface area contributed by atoms with Gasteiger partial charge in [-0.25, -0.2) is 4.79 Å². The van der Waals surface area contributed by atoms with Gasteiger partial charge in [-0.2, -0.15) is 5.26 Å². The van der Waals surface area contributed by atoms with Crippen LogP contribution in [0.5, 0.6) is 17.2 Å². The highest BCUT2D eigenvalue weighted by atomic mass is 16.6. The molecule has 8 heteroatoms. The van der Waals surface area contributed by atoms with Gasteiger partial charge in [0, 0.05) is 19.2 Å². The summed E-state index contributed by atoms with van der Waals surface area (Å²) in [6, 6.07) is 25.9. The predicted molar refractivity (Wildman–Crippen MR) is 162 cm³/mol. The van der Waals surface area contributed by atoms with Gasteiger partial charge in [-0.05, 0) is 86.5 Å². The van der Waals surface area contributed by atoms with Crippen LogP contribution in [0.2, 0.25) is 0 Å². The van der Waals surface area contributed by atoms with E-state index in [0.717, 1.165) is 69.6 Å². The highest BCUT2D eigenvalue weighted by molar-refractivity contribution is 5.70. The minimum atomic E-state index is -0.194. The molecule has 3 aliphatic heterocycles. The molecule has 0 aromatic heterocycles. The molecule has 3 heterocycles. The lowest BCUT2D eigenvalue weighted by atomic mass is 9.92. The van der Waals surface area contributed by atoms with Gasteiger partial charge in [-0.15, -0.1) is 0 Å². The Morgan fingerprint density at radius 1 is 0.907 bits per heavy atom. The summed E-state index contributed by atoms with van der Waals surface area (Å²) in [5.41, 5.74) is 2.90. The van der Waals surface area contributed by atoms with Crippen molar-refractivity contribution in [1.29, 1.82) is 5.26 Å². The normalized spacial score (nSPS) is 20.4. The first kappa shape index (κ1) is 28.9. The number of cyclic esters (lactones) is 1. The van der Waals surface area contributed by atoms with Crippen molar-refractivity contribution >= 4 is 6.09 Å². The summed E-state index contributed by atoms with van der Waals surface area (Å²) >= 11 is 0. The Hall–Kier alpha value is -4.22. The lowest BCUT2D eigenvalue weighted by Crippen LogP contribution is -2.44. The van der Waals surface area contributed by atoms with Crippen LogP contribution in [0.15, 0.2) is 72.8 Å². The molecule has 0 unspecified atom stereocenters. The molecule has 1 amide bonds. The Balaban J connectivity index is 0.903. The van der Waals surface area contributed by atoms with E-state index >= 15 is 0 Å². The van der Waals surface area contributed by atoms with Crippen molar-refractivity contribution in [3.8, 4) is 23.3 Å². The Bertz CT molecular complexity index is 1400. The number of hydrogen-bond donors (Lipinski definition) is 0. The summed E-state index contributed by atoms with van der Waals surface area (Å²) in [4.78, 5) is 16.9. The Morgan fingerprint density at radius 3 is 2.51 bits per heavy atom. The van der Waals surface area contributed by atoms with Gasteiger partial charge < -0.3 is 23.8 Å². The molecule has 0 radical (unpaired) electrons. The summed E-state index contributed by atoms with van der Waals surface area (Å²) in [6.45, 7) is 5.15. The first-order chi connectivity index (χ1) is 21.1. The highest BCUT2D eigenvalue weighted by Crippen LogP contribution is 2.33. The summed E-state index contributed by atoms with van der Waals surface area (Å²) in [5, 5.41) is 9.17. The number of fused-ring (bicyclic) bond motifs is 1. The van der Waals surface area contributed by atoms with Crippen LogP contribution in [0.4, 0.5) is 4.79 Å². The number of nitrogens with zero attached hydrogens (tertiary/aromatic N) is 3. The maximum absolute atomic E-state index is 12.5. The monoisotopic (exact) mass is 581 g/mol. The first-order valence-electron chi connectivity index (χ1n) is 15.4. The number of rotatable bonds is 11. The number of ether oxygens (including phenoxy) is 4. The van der Waals surface area contributed by atoms with E-state index in [1.54, 1.807) is 18.2 Å². The lowest BCUT2D eigenvalue weighted by Gasteiger charge is -2.36. The summed E-state index contributed by atoms with van der Waals surface area (Å²) in [5.74, 6) is 2.88. The van der Waals surface area contributed by atoms with Crippen LogP contribution in [0.25, 0.3) is 0 Å². The van der Waals surface area contributed by atoms with Gasteiger partial charge in [0.05, 0.1) is 17.7 Å². The molecule has 0 saturated carbocycles. The molecule has 2 saturated heterocycles. The minimum absolute atomic E-state index is 0.0332. The maximum atomic E-state index is 12.5. The van der Waals surface area contributed by atoms with Gasteiger partial charge >= 0.3 is 6.09 Å². The number of carbonyl (C=O) groups excluding carboxylic acids is 1. The smallest absolute Gasteiger partial charge is 0.410 e. The summed E-state index contributed by atoms with van der Waals surface area (Å²) in [6.07, 6.45) is 4.95. The molecule has 0 aliphatic carbocycles. The van der Waals surface area contributed by atoms with Gasteiger partial charge in [0.15, 0.2) is 11.5 Å².